The molecule has 1 aromatic heterocycles. The van der Waals surface area contributed by atoms with Crippen molar-refractivity contribution in [1.29, 1.82) is 0 Å². The molecule has 2 N–H and O–H groups in total. The van der Waals surface area contributed by atoms with E-state index in [1.54, 1.807) is 6.20 Å². The minimum absolute atomic E-state index is 0.126. The van der Waals surface area contributed by atoms with Crippen molar-refractivity contribution >= 4 is 17.5 Å². The molecular weight excluding hydrogens is 264 g/mol. The summed E-state index contributed by atoms with van der Waals surface area (Å²) >= 11 is 0. The summed E-state index contributed by atoms with van der Waals surface area (Å²) in [5, 5.41) is 5.90. The van der Waals surface area contributed by atoms with Gasteiger partial charge in [0.1, 0.15) is 5.82 Å². The van der Waals surface area contributed by atoms with E-state index in [9.17, 15) is 4.79 Å². The standard InChI is InChI=1S/C16H26N4O/c1-3-20(4-2)15-11-10-14(12-17-15)19-16(21)18-13-8-6-5-7-9-13/h10-13H,3-9H2,1-2H3,(H2,18,19,21). The van der Waals surface area contributed by atoms with Crippen LogP contribution in [0, 0.1) is 0 Å². The monoisotopic (exact) mass is 290 g/mol. The van der Waals surface area contributed by atoms with Crippen molar-refractivity contribution in [3.8, 4) is 0 Å². The summed E-state index contributed by atoms with van der Waals surface area (Å²) in [7, 11) is 0. The Hall–Kier alpha value is -1.78. The Labute approximate surface area is 127 Å². The van der Waals surface area contributed by atoms with Gasteiger partial charge in [0.05, 0.1) is 11.9 Å². The van der Waals surface area contributed by atoms with Crippen LogP contribution in [-0.4, -0.2) is 30.1 Å². The number of hydrogen-bond donors (Lipinski definition) is 2. The molecule has 0 aliphatic heterocycles. The zero-order valence-corrected chi connectivity index (χ0v) is 13.1. The van der Waals surface area contributed by atoms with Gasteiger partial charge in [-0.15, -0.1) is 0 Å². The summed E-state index contributed by atoms with van der Waals surface area (Å²) < 4.78 is 0. The van der Waals surface area contributed by atoms with Gasteiger partial charge in [-0.05, 0) is 38.8 Å². The number of urea groups is 1. The van der Waals surface area contributed by atoms with Crippen LogP contribution in [0.25, 0.3) is 0 Å². The van der Waals surface area contributed by atoms with Gasteiger partial charge >= 0.3 is 6.03 Å². The molecule has 0 saturated heterocycles. The molecule has 116 valence electrons. The molecule has 1 saturated carbocycles. The van der Waals surface area contributed by atoms with Crippen LogP contribution in [-0.2, 0) is 0 Å². The maximum atomic E-state index is 12.0. The molecule has 0 atom stereocenters. The third-order valence-electron chi connectivity index (χ3n) is 4.03. The number of anilines is 2. The third kappa shape index (κ3) is 4.62. The first kappa shape index (κ1) is 15.6. The highest BCUT2D eigenvalue weighted by atomic mass is 16.2. The molecule has 1 aliphatic carbocycles. The average Bonchev–Trinajstić information content (AvgIpc) is 2.51. The Balaban J connectivity index is 1.86. The van der Waals surface area contributed by atoms with Crippen LogP contribution in [0.2, 0.25) is 0 Å². The number of hydrogen-bond acceptors (Lipinski definition) is 3. The maximum Gasteiger partial charge on any atom is 0.319 e. The van der Waals surface area contributed by atoms with Gasteiger partial charge in [0.2, 0.25) is 0 Å². The molecule has 5 heteroatoms. The van der Waals surface area contributed by atoms with Crippen LogP contribution in [0.1, 0.15) is 46.0 Å². The van der Waals surface area contributed by atoms with Gasteiger partial charge in [-0.2, -0.15) is 0 Å². The molecule has 0 radical (unpaired) electrons. The van der Waals surface area contributed by atoms with E-state index in [4.69, 9.17) is 0 Å². The van der Waals surface area contributed by atoms with E-state index in [0.29, 0.717) is 6.04 Å². The van der Waals surface area contributed by atoms with Crippen LogP contribution in [0.4, 0.5) is 16.3 Å². The highest BCUT2D eigenvalue weighted by molar-refractivity contribution is 5.89. The van der Waals surface area contributed by atoms with E-state index in [0.717, 1.165) is 37.4 Å². The van der Waals surface area contributed by atoms with E-state index >= 15 is 0 Å². The van der Waals surface area contributed by atoms with E-state index in [1.165, 1.54) is 19.3 Å². The number of pyridine rings is 1. The quantitative estimate of drug-likeness (QED) is 0.874. The molecule has 2 amide bonds. The number of amides is 2. The SMILES string of the molecule is CCN(CC)c1ccc(NC(=O)NC2CCCCC2)cn1. The summed E-state index contributed by atoms with van der Waals surface area (Å²) in [6, 6.07) is 4.05. The van der Waals surface area contributed by atoms with Gasteiger partial charge < -0.3 is 15.5 Å². The number of nitrogens with zero attached hydrogens (tertiary/aromatic N) is 2. The Morgan fingerprint density at radius 3 is 2.52 bits per heavy atom. The summed E-state index contributed by atoms with van der Waals surface area (Å²) in [6.45, 7) is 6.07. The largest absolute Gasteiger partial charge is 0.357 e. The first-order chi connectivity index (χ1) is 10.2. The van der Waals surface area contributed by atoms with Gasteiger partial charge in [0, 0.05) is 19.1 Å². The summed E-state index contributed by atoms with van der Waals surface area (Å²) in [6.07, 6.45) is 7.61. The van der Waals surface area contributed by atoms with E-state index in [1.807, 2.05) is 12.1 Å². The first-order valence-corrected chi connectivity index (χ1v) is 8.01. The van der Waals surface area contributed by atoms with E-state index < -0.39 is 0 Å². The molecule has 5 nitrogen and oxygen atoms in total. The minimum Gasteiger partial charge on any atom is -0.357 e. The second kappa shape index (κ2) is 7.86. The molecule has 0 unspecified atom stereocenters. The maximum absolute atomic E-state index is 12.0. The molecule has 1 aliphatic rings. The van der Waals surface area contributed by atoms with Crippen molar-refractivity contribution in [1.82, 2.24) is 10.3 Å². The molecular formula is C16H26N4O. The van der Waals surface area contributed by atoms with Crippen LogP contribution in [0.5, 0.6) is 0 Å². The normalized spacial score (nSPS) is 15.5. The van der Waals surface area contributed by atoms with Crippen molar-refractivity contribution in [2.24, 2.45) is 0 Å². The predicted molar refractivity (Wildman–Crippen MR) is 86.8 cm³/mol. The van der Waals surface area contributed by atoms with Crippen molar-refractivity contribution in [3.05, 3.63) is 18.3 Å². The van der Waals surface area contributed by atoms with Crippen LogP contribution in [0.15, 0.2) is 18.3 Å². The average molecular weight is 290 g/mol. The van der Waals surface area contributed by atoms with E-state index in [-0.39, 0.29) is 6.03 Å². The molecule has 1 aromatic rings. The number of carbonyl (C=O) groups is 1. The lowest BCUT2D eigenvalue weighted by Crippen LogP contribution is -2.39. The molecule has 2 rings (SSSR count). The third-order valence-corrected chi connectivity index (χ3v) is 4.03. The van der Waals surface area contributed by atoms with Crippen molar-refractivity contribution in [2.45, 2.75) is 52.0 Å². The fraction of sp³-hybridized carbons (Fsp3) is 0.625. The molecule has 0 spiro atoms. The molecule has 1 fully saturated rings. The number of rotatable bonds is 5. The highest BCUT2D eigenvalue weighted by Crippen LogP contribution is 2.18. The predicted octanol–water partition coefficient (Wildman–Crippen LogP) is 3.38. The fourth-order valence-corrected chi connectivity index (χ4v) is 2.79. The van der Waals surface area contributed by atoms with Gasteiger partial charge in [-0.3, -0.25) is 0 Å². The van der Waals surface area contributed by atoms with Gasteiger partial charge in [-0.25, -0.2) is 9.78 Å². The number of carbonyl (C=O) groups excluding carboxylic acids is 1. The van der Waals surface area contributed by atoms with Gasteiger partial charge in [0.25, 0.3) is 0 Å². The summed E-state index contributed by atoms with van der Waals surface area (Å²) in [5.74, 6) is 0.943. The second-order valence-corrected chi connectivity index (χ2v) is 5.51. The summed E-state index contributed by atoms with van der Waals surface area (Å²) in [4.78, 5) is 18.5. The van der Waals surface area contributed by atoms with Gasteiger partial charge in [-0.1, -0.05) is 19.3 Å². The van der Waals surface area contributed by atoms with Crippen molar-refractivity contribution in [3.63, 3.8) is 0 Å². The lowest BCUT2D eigenvalue weighted by atomic mass is 9.96. The molecule has 0 aromatic carbocycles. The second-order valence-electron chi connectivity index (χ2n) is 5.51. The van der Waals surface area contributed by atoms with Crippen LogP contribution in [0.3, 0.4) is 0 Å². The Bertz CT molecular complexity index is 436. The first-order valence-electron chi connectivity index (χ1n) is 8.01. The molecule has 21 heavy (non-hydrogen) atoms. The fourth-order valence-electron chi connectivity index (χ4n) is 2.79. The van der Waals surface area contributed by atoms with Gasteiger partial charge in [0.15, 0.2) is 0 Å². The molecule has 1 heterocycles. The zero-order chi connectivity index (χ0) is 15.1. The Kier molecular flexibility index (Phi) is 5.84. The van der Waals surface area contributed by atoms with E-state index in [2.05, 4.69) is 34.4 Å². The molecule has 0 bridgehead atoms. The smallest absolute Gasteiger partial charge is 0.319 e. The van der Waals surface area contributed by atoms with Crippen LogP contribution < -0.4 is 15.5 Å². The zero-order valence-electron chi connectivity index (χ0n) is 13.1. The summed E-state index contributed by atoms with van der Waals surface area (Å²) in [5.41, 5.74) is 0.735. The number of aromatic nitrogens is 1. The highest BCUT2D eigenvalue weighted by Gasteiger charge is 2.15. The van der Waals surface area contributed by atoms with Crippen LogP contribution >= 0.6 is 0 Å². The Morgan fingerprint density at radius 1 is 1.24 bits per heavy atom. The number of nitrogens with one attached hydrogen (secondary N) is 2. The van der Waals surface area contributed by atoms with Crippen molar-refractivity contribution in [2.75, 3.05) is 23.3 Å². The lowest BCUT2D eigenvalue weighted by Gasteiger charge is -2.23. The Morgan fingerprint density at radius 2 is 1.95 bits per heavy atom. The topological polar surface area (TPSA) is 57.3 Å². The lowest BCUT2D eigenvalue weighted by molar-refractivity contribution is 0.244. The minimum atomic E-state index is -0.126. The van der Waals surface area contributed by atoms with Crippen molar-refractivity contribution < 1.29 is 4.79 Å².